The second-order valence-electron chi connectivity index (χ2n) is 4.26. The van der Waals surface area contributed by atoms with Crippen molar-refractivity contribution in [1.82, 2.24) is 0 Å². The lowest BCUT2D eigenvalue weighted by Gasteiger charge is -2.14. The second-order valence-corrected chi connectivity index (χ2v) is 4.26. The van der Waals surface area contributed by atoms with E-state index in [4.69, 9.17) is 4.74 Å². The smallest absolute Gasteiger partial charge is 0.132 e. The summed E-state index contributed by atoms with van der Waals surface area (Å²) < 4.78 is 5.80. The van der Waals surface area contributed by atoms with Gasteiger partial charge in [0.05, 0.1) is 6.61 Å². The molecule has 1 N–H and O–H groups in total. The van der Waals surface area contributed by atoms with E-state index in [9.17, 15) is 5.11 Å². The largest absolute Gasteiger partial charge is 0.457 e. The molecule has 0 saturated carbocycles. The van der Waals surface area contributed by atoms with Crippen molar-refractivity contribution >= 4 is 5.69 Å². The molecule has 0 unspecified atom stereocenters. The number of hydrogen-bond donors (Lipinski definition) is 1. The molecule has 0 aliphatic heterocycles. The maximum absolute atomic E-state index is 9.25. The summed E-state index contributed by atoms with van der Waals surface area (Å²) in [5.74, 6) is 1.46. The number of ether oxygens (including phenoxy) is 1. The molecule has 2 rings (SSSR count). The van der Waals surface area contributed by atoms with Gasteiger partial charge in [-0.1, -0.05) is 24.3 Å². The fraction of sp³-hybridized carbons (Fsp3) is 0.200. The molecule has 0 aliphatic carbocycles. The summed E-state index contributed by atoms with van der Waals surface area (Å²) in [6, 6.07) is 15.3. The van der Waals surface area contributed by atoms with E-state index in [1.54, 1.807) is 0 Å². The van der Waals surface area contributed by atoms with Crippen LogP contribution in [-0.4, -0.2) is 19.2 Å². The molecule has 0 radical (unpaired) electrons. The van der Waals surface area contributed by atoms with E-state index in [0.29, 0.717) is 5.75 Å². The lowest BCUT2D eigenvalue weighted by molar-refractivity contribution is 0.276. The van der Waals surface area contributed by atoms with Crippen LogP contribution < -0.4 is 9.64 Å². The van der Waals surface area contributed by atoms with Crippen LogP contribution >= 0.6 is 0 Å². The van der Waals surface area contributed by atoms with Crippen LogP contribution in [0.5, 0.6) is 11.5 Å². The Labute approximate surface area is 107 Å². The normalized spacial score (nSPS) is 10.2. The van der Waals surface area contributed by atoms with E-state index in [1.165, 1.54) is 0 Å². The monoisotopic (exact) mass is 243 g/mol. The van der Waals surface area contributed by atoms with Gasteiger partial charge in [0.15, 0.2) is 0 Å². The van der Waals surface area contributed by atoms with Crippen LogP contribution in [0.2, 0.25) is 0 Å². The highest BCUT2D eigenvalue weighted by Gasteiger charge is 2.04. The summed E-state index contributed by atoms with van der Waals surface area (Å²) >= 11 is 0. The summed E-state index contributed by atoms with van der Waals surface area (Å²) in [6.45, 7) is -0.0243. The van der Waals surface area contributed by atoms with Crippen LogP contribution in [0.25, 0.3) is 0 Å². The van der Waals surface area contributed by atoms with Crippen molar-refractivity contribution in [3.05, 3.63) is 54.1 Å². The van der Waals surface area contributed by atoms with Crippen molar-refractivity contribution < 1.29 is 9.84 Å². The molecule has 0 atom stereocenters. The first-order chi connectivity index (χ1) is 8.70. The van der Waals surface area contributed by atoms with Crippen LogP contribution in [-0.2, 0) is 6.61 Å². The third-order valence-electron chi connectivity index (χ3n) is 2.70. The van der Waals surface area contributed by atoms with Crippen LogP contribution in [0, 0.1) is 0 Å². The predicted molar refractivity (Wildman–Crippen MR) is 73.2 cm³/mol. The highest BCUT2D eigenvalue weighted by molar-refractivity contribution is 5.50. The van der Waals surface area contributed by atoms with Gasteiger partial charge in [0.1, 0.15) is 11.5 Å². The van der Waals surface area contributed by atoms with Crippen LogP contribution in [0.15, 0.2) is 48.5 Å². The van der Waals surface area contributed by atoms with E-state index in [-0.39, 0.29) is 6.61 Å². The Kier molecular flexibility index (Phi) is 3.85. The molecule has 0 aromatic heterocycles. The topological polar surface area (TPSA) is 32.7 Å². The zero-order chi connectivity index (χ0) is 13.0. The Morgan fingerprint density at radius 1 is 1.06 bits per heavy atom. The number of aliphatic hydroxyl groups is 1. The zero-order valence-corrected chi connectivity index (χ0v) is 10.6. The predicted octanol–water partition coefficient (Wildman–Crippen LogP) is 3.04. The molecule has 2 aromatic rings. The fourth-order valence-corrected chi connectivity index (χ4v) is 1.69. The number of aliphatic hydroxyl groups excluding tert-OH is 1. The quantitative estimate of drug-likeness (QED) is 0.896. The van der Waals surface area contributed by atoms with Crippen LogP contribution in [0.1, 0.15) is 5.56 Å². The zero-order valence-electron chi connectivity index (χ0n) is 10.6. The maximum Gasteiger partial charge on any atom is 0.132 e. The van der Waals surface area contributed by atoms with E-state index >= 15 is 0 Å². The SMILES string of the molecule is CN(C)c1cccc(Oc2ccccc2CO)c1. The van der Waals surface area contributed by atoms with Gasteiger partial charge < -0.3 is 14.7 Å². The van der Waals surface area contributed by atoms with Gasteiger partial charge in [-0.2, -0.15) is 0 Å². The molecular weight excluding hydrogens is 226 g/mol. The molecule has 0 fully saturated rings. The Hall–Kier alpha value is -2.00. The van der Waals surface area contributed by atoms with Gasteiger partial charge in [0, 0.05) is 31.4 Å². The van der Waals surface area contributed by atoms with E-state index in [2.05, 4.69) is 0 Å². The van der Waals surface area contributed by atoms with Gasteiger partial charge in [-0.25, -0.2) is 0 Å². The molecule has 0 heterocycles. The first-order valence-corrected chi connectivity index (χ1v) is 5.84. The summed E-state index contributed by atoms with van der Waals surface area (Å²) in [5, 5.41) is 9.25. The van der Waals surface area contributed by atoms with Crippen molar-refractivity contribution in [3.63, 3.8) is 0 Å². The minimum atomic E-state index is -0.0243. The molecule has 3 heteroatoms. The Bertz CT molecular complexity index is 523. The van der Waals surface area contributed by atoms with Gasteiger partial charge >= 0.3 is 0 Å². The second kappa shape index (κ2) is 5.56. The average molecular weight is 243 g/mol. The number of hydrogen-bond acceptors (Lipinski definition) is 3. The van der Waals surface area contributed by atoms with E-state index in [0.717, 1.165) is 17.0 Å². The molecule has 0 spiro atoms. The Balaban J connectivity index is 2.25. The standard InChI is InChI=1S/C15H17NO2/c1-16(2)13-7-5-8-14(10-13)18-15-9-4-3-6-12(15)11-17/h3-10,17H,11H2,1-2H3. The van der Waals surface area contributed by atoms with Crippen molar-refractivity contribution in [1.29, 1.82) is 0 Å². The first-order valence-electron chi connectivity index (χ1n) is 5.84. The maximum atomic E-state index is 9.25. The fourth-order valence-electron chi connectivity index (χ4n) is 1.69. The molecule has 3 nitrogen and oxygen atoms in total. The summed E-state index contributed by atoms with van der Waals surface area (Å²) in [5.41, 5.74) is 1.86. The minimum Gasteiger partial charge on any atom is -0.457 e. The third kappa shape index (κ3) is 2.81. The summed E-state index contributed by atoms with van der Waals surface area (Å²) in [6.07, 6.45) is 0. The first kappa shape index (κ1) is 12.5. The van der Waals surface area contributed by atoms with E-state index in [1.807, 2.05) is 67.5 Å². The van der Waals surface area contributed by atoms with Gasteiger partial charge in [-0.05, 0) is 18.2 Å². The van der Waals surface area contributed by atoms with Gasteiger partial charge in [-0.3, -0.25) is 0 Å². The van der Waals surface area contributed by atoms with Crippen molar-refractivity contribution in [2.45, 2.75) is 6.61 Å². The van der Waals surface area contributed by atoms with E-state index < -0.39 is 0 Å². The van der Waals surface area contributed by atoms with Crippen LogP contribution in [0.3, 0.4) is 0 Å². The van der Waals surface area contributed by atoms with Gasteiger partial charge in [-0.15, -0.1) is 0 Å². The lowest BCUT2D eigenvalue weighted by atomic mass is 10.2. The van der Waals surface area contributed by atoms with Gasteiger partial charge in [0.2, 0.25) is 0 Å². The number of benzene rings is 2. The molecular formula is C15H17NO2. The number of rotatable bonds is 4. The molecule has 0 amide bonds. The van der Waals surface area contributed by atoms with Crippen molar-refractivity contribution in [2.24, 2.45) is 0 Å². The number of anilines is 1. The Morgan fingerprint density at radius 3 is 2.56 bits per heavy atom. The molecule has 0 saturated heterocycles. The summed E-state index contributed by atoms with van der Waals surface area (Å²) in [7, 11) is 3.97. The van der Waals surface area contributed by atoms with Crippen molar-refractivity contribution in [3.8, 4) is 11.5 Å². The Morgan fingerprint density at radius 2 is 1.83 bits per heavy atom. The minimum absolute atomic E-state index is 0.0243. The molecule has 2 aromatic carbocycles. The number of nitrogens with zero attached hydrogens (tertiary/aromatic N) is 1. The lowest BCUT2D eigenvalue weighted by Crippen LogP contribution is -2.08. The van der Waals surface area contributed by atoms with Gasteiger partial charge in [0.25, 0.3) is 0 Å². The average Bonchev–Trinajstić information content (AvgIpc) is 2.39. The molecule has 94 valence electrons. The van der Waals surface area contributed by atoms with Crippen molar-refractivity contribution in [2.75, 3.05) is 19.0 Å². The highest BCUT2D eigenvalue weighted by atomic mass is 16.5. The third-order valence-corrected chi connectivity index (χ3v) is 2.70. The summed E-state index contributed by atoms with van der Waals surface area (Å²) in [4.78, 5) is 2.02. The highest BCUT2D eigenvalue weighted by Crippen LogP contribution is 2.27. The molecule has 0 aliphatic rings. The number of para-hydroxylation sites is 1. The van der Waals surface area contributed by atoms with Crippen LogP contribution in [0.4, 0.5) is 5.69 Å². The molecule has 0 bridgehead atoms. The molecule has 18 heavy (non-hydrogen) atoms.